The predicted octanol–water partition coefficient (Wildman–Crippen LogP) is 2.03. The minimum Gasteiger partial charge on any atom is -0.481 e. The molecule has 2 aromatic heterocycles. The summed E-state index contributed by atoms with van der Waals surface area (Å²) in [5.41, 5.74) is 5.88. The van der Waals surface area contributed by atoms with Crippen molar-refractivity contribution < 1.29 is 29.3 Å². The van der Waals surface area contributed by atoms with Gasteiger partial charge >= 0.3 is 11.9 Å². The Kier molecular flexibility index (Phi) is 9.13. The Bertz CT molecular complexity index is 831. The molecule has 2 rings (SSSR count). The lowest BCUT2D eigenvalue weighted by Crippen LogP contribution is -2.39. The molecule has 2 heterocycles. The van der Waals surface area contributed by atoms with E-state index < -0.39 is 23.3 Å². The van der Waals surface area contributed by atoms with Gasteiger partial charge in [0.15, 0.2) is 5.82 Å². The van der Waals surface area contributed by atoms with Crippen molar-refractivity contribution in [2.45, 2.75) is 51.5 Å². The van der Waals surface area contributed by atoms with Crippen molar-refractivity contribution in [2.75, 3.05) is 17.7 Å². The third kappa shape index (κ3) is 8.21. The van der Waals surface area contributed by atoms with Gasteiger partial charge in [-0.2, -0.15) is 4.98 Å². The van der Waals surface area contributed by atoms with Crippen LogP contribution in [0.25, 0.3) is 11.0 Å². The third-order valence-corrected chi connectivity index (χ3v) is 3.92. The largest absolute Gasteiger partial charge is 0.481 e. The molecular weight excluding hydrogens is 385 g/mol. The first kappa shape index (κ1) is 24.0. The molecule has 0 bridgehead atoms. The molecule has 0 spiro atoms. The van der Waals surface area contributed by atoms with E-state index in [1.807, 2.05) is 6.92 Å². The van der Waals surface area contributed by atoms with Gasteiger partial charge in [0.1, 0.15) is 11.3 Å². The minimum absolute atomic E-state index is 0.0354. The van der Waals surface area contributed by atoms with E-state index in [9.17, 15) is 19.1 Å². The summed E-state index contributed by atoms with van der Waals surface area (Å²) in [5.74, 6) is -2.19. The first-order valence-corrected chi connectivity index (χ1v) is 9.01. The predicted molar refractivity (Wildman–Crippen MR) is 105 cm³/mol. The fraction of sp³-hybridized carbons (Fsp3) is 0.500. The zero-order chi connectivity index (χ0) is 22.0. The van der Waals surface area contributed by atoms with Crippen molar-refractivity contribution >= 4 is 34.7 Å². The number of aliphatic hydroxyl groups is 1. The zero-order valence-corrected chi connectivity index (χ0v) is 16.4. The standard InChI is InChI=1S/C14H20FN5O.C4H6O4/c1-3-4-5-14(2,8-21)20-12-11-10(18-13(16)19-12)6-9(15)7-17-11;5-3(6)1-2-4(7)8/h6-7,21H,3-5,8H2,1-2H3,(H3,16,18,19,20);1-2H2,(H,5,6)(H,7,8)/t14-;/m0./s1. The fourth-order valence-electron chi connectivity index (χ4n) is 2.35. The maximum Gasteiger partial charge on any atom is 0.303 e. The van der Waals surface area contributed by atoms with Gasteiger partial charge in [-0.05, 0) is 13.3 Å². The number of carbonyl (C=O) groups is 2. The molecule has 0 saturated heterocycles. The number of carboxylic acids is 2. The van der Waals surface area contributed by atoms with Gasteiger partial charge in [0.05, 0.1) is 36.7 Å². The van der Waals surface area contributed by atoms with Crippen LogP contribution >= 0.6 is 0 Å². The Morgan fingerprint density at radius 3 is 2.38 bits per heavy atom. The summed E-state index contributed by atoms with van der Waals surface area (Å²) in [6, 6.07) is 1.26. The monoisotopic (exact) mass is 411 g/mol. The number of rotatable bonds is 9. The second kappa shape index (κ2) is 11.1. The number of aromatic nitrogens is 3. The molecular formula is C18H26FN5O5. The van der Waals surface area contributed by atoms with Crippen LogP contribution in [0.4, 0.5) is 16.2 Å². The molecule has 10 nitrogen and oxygen atoms in total. The summed E-state index contributed by atoms with van der Waals surface area (Å²) >= 11 is 0. The number of unbranched alkanes of at least 4 members (excludes halogenated alkanes) is 1. The number of nitrogens with zero attached hydrogens (tertiary/aromatic N) is 3. The van der Waals surface area contributed by atoms with Crippen molar-refractivity contribution in [1.82, 2.24) is 15.0 Å². The van der Waals surface area contributed by atoms with Gasteiger partial charge in [0.25, 0.3) is 0 Å². The normalized spacial score (nSPS) is 12.6. The molecule has 0 aliphatic rings. The summed E-state index contributed by atoms with van der Waals surface area (Å²) in [4.78, 5) is 31.4. The highest BCUT2D eigenvalue weighted by Gasteiger charge is 2.24. The Hall–Kier alpha value is -3.08. The summed E-state index contributed by atoms with van der Waals surface area (Å²) in [6.07, 6.45) is 3.27. The number of aliphatic carboxylic acids is 2. The molecule has 0 fully saturated rings. The highest BCUT2D eigenvalue weighted by molar-refractivity contribution is 5.86. The number of carboxylic acid groups (broad SMARTS) is 2. The average molecular weight is 411 g/mol. The van der Waals surface area contributed by atoms with Gasteiger partial charge in [-0.15, -0.1) is 0 Å². The molecule has 11 heteroatoms. The lowest BCUT2D eigenvalue weighted by molar-refractivity contribution is -0.143. The highest BCUT2D eigenvalue weighted by atomic mass is 19.1. The van der Waals surface area contributed by atoms with Gasteiger partial charge in [0.2, 0.25) is 5.95 Å². The molecule has 29 heavy (non-hydrogen) atoms. The van der Waals surface area contributed by atoms with Crippen molar-refractivity contribution in [1.29, 1.82) is 0 Å². The summed E-state index contributed by atoms with van der Waals surface area (Å²) in [6.45, 7) is 3.93. The van der Waals surface area contributed by atoms with Crippen LogP contribution in [0.15, 0.2) is 12.3 Å². The van der Waals surface area contributed by atoms with Crippen molar-refractivity contribution in [3.8, 4) is 0 Å². The van der Waals surface area contributed by atoms with Crippen molar-refractivity contribution in [3.63, 3.8) is 0 Å². The number of pyridine rings is 1. The summed E-state index contributed by atoms with van der Waals surface area (Å²) in [5, 5.41) is 28.6. The summed E-state index contributed by atoms with van der Waals surface area (Å²) in [7, 11) is 0. The Balaban J connectivity index is 0.000000447. The van der Waals surface area contributed by atoms with Crippen LogP contribution in [0.1, 0.15) is 46.0 Å². The van der Waals surface area contributed by atoms with Gasteiger partial charge in [0, 0.05) is 6.07 Å². The quantitative estimate of drug-likeness (QED) is 0.411. The first-order valence-electron chi connectivity index (χ1n) is 9.01. The number of hydrogen-bond acceptors (Lipinski definition) is 8. The molecule has 0 radical (unpaired) electrons. The van der Waals surface area contributed by atoms with Crippen LogP contribution in [0, 0.1) is 5.82 Å². The number of nitrogens with one attached hydrogen (secondary N) is 1. The molecule has 2 aromatic rings. The molecule has 0 saturated carbocycles. The molecule has 0 aliphatic carbocycles. The maximum atomic E-state index is 13.2. The van der Waals surface area contributed by atoms with Gasteiger partial charge < -0.3 is 26.4 Å². The number of aliphatic hydroxyl groups excluding tert-OH is 1. The molecule has 160 valence electrons. The van der Waals surface area contributed by atoms with Crippen LogP contribution in [-0.2, 0) is 9.59 Å². The molecule has 6 N–H and O–H groups in total. The second-order valence-electron chi connectivity index (χ2n) is 6.69. The van der Waals surface area contributed by atoms with E-state index in [1.165, 1.54) is 6.07 Å². The number of halogens is 1. The number of anilines is 2. The Morgan fingerprint density at radius 1 is 1.24 bits per heavy atom. The lowest BCUT2D eigenvalue weighted by Gasteiger charge is -2.29. The van der Waals surface area contributed by atoms with Crippen LogP contribution in [-0.4, -0.2) is 54.4 Å². The van der Waals surface area contributed by atoms with E-state index in [0.29, 0.717) is 16.9 Å². The second-order valence-corrected chi connectivity index (χ2v) is 6.69. The average Bonchev–Trinajstić information content (AvgIpc) is 2.64. The van der Waals surface area contributed by atoms with E-state index in [-0.39, 0.29) is 25.4 Å². The molecule has 0 aromatic carbocycles. The Morgan fingerprint density at radius 2 is 1.86 bits per heavy atom. The lowest BCUT2D eigenvalue weighted by atomic mass is 9.96. The first-order chi connectivity index (χ1) is 13.6. The van der Waals surface area contributed by atoms with E-state index in [2.05, 4.69) is 27.2 Å². The molecule has 0 aliphatic heterocycles. The topological polar surface area (TPSA) is 172 Å². The van der Waals surface area contributed by atoms with Crippen molar-refractivity contribution in [3.05, 3.63) is 18.1 Å². The summed E-state index contributed by atoms with van der Waals surface area (Å²) < 4.78 is 13.2. The number of nitrogens with two attached hydrogens (primary N) is 1. The maximum absolute atomic E-state index is 13.2. The van der Waals surface area contributed by atoms with Gasteiger partial charge in [-0.25, -0.2) is 14.4 Å². The highest BCUT2D eigenvalue weighted by Crippen LogP contribution is 2.25. The molecule has 0 unspecified atom stereocenters. The number of hydrogen-bond donors (Lipinski definition) is 5. The third-order valence-electron chi connectivity index (χ3n) is 3.92. The van der Waals surface area contributed by atoms with Crippen LogP contribution in [0.2, 0.25) is 0 Å². The number of nitrogen functional groups attached to an aromatic ring is 1. The van der Waals surface area contributed by atoms with E-state index in [4.69, 9.17) is 15.9 Å². The van der Waals surface area contributed by atoms with Gasteiger partial charge in [-0.1, -0.05) is 19.8 Å². The van der Waals surface area contributed by atoms with Gasteiger partial charge in [-0.3, -0.25) is 9.59 Å². The van der Waals surface area contributed by atoms with Crippen LogP contribution in [0.3, 0.4) is 0 Å². The zero-order valence-electron chi connectivity index (χ0n) is 16.4. The number of fused-ring (bicyclic) bond motifs is 1. The van der Waals surface area contributed by atoms with Crippen LogP contribution in [0.5, 0.6) is 0 Å². The van der Waals surface area contributed by atoms with Crippen LogP contribution < -0.4 is 11.1 Å². The van der Waals surface area contributed by atoms with Crippen molar-refractivity contribution in [2.24, 2.45) is 0 Å². The smallest absolute Gasteiger partial charge is 0.303 e. The van der Waals surface area contributed by atoms with E-state index in [0.717, 1.165) is 25.5 Å². The molecule has 0 amide bonds. The minimum atomic E-state index is -1.08. The fourth-order valence-corrected chi connectivity index (χ4v) is 2.35. The molecule has 1 atom stereocenters. The van der Waals surface area contributed by atoms with E-state index in [1.54, 1.807) is 0 Å². The Labute approximate surface area is 167 Å². The SMILES string of the molecule is CCCC[C@@](C)(CO)Nc1nc(N)nc2cc(F)cnc12.O=C(O)CCC(=O)O. The van der Waals surface area contributed by atoms with E-state index >= 15 is 0 Å².